The third kappa shape index (κ3) is 5.89. The van der Waals surface area contributed by atoms with Gasteiger partial charge in [0.05, 0.1) is 19.4 Å². The van der Waals surface area contributed by atoms with Crippen molar-refractivity contribution >= 4 is 0 Å². The number of nitrogens with one attached hydrogen (secondary N) is 1. The van der Waals surface area contributed by atoms with Gasteiger partial charge in [-0.05, 0) is 19.0 Å². The second-order valence-electron chi connectivity index (χ2n) is 4.26. The summed E-state index contributed by atoms with van der Waals surface area (Å²) in [6.07, 6.45) is 6.75. The van der Waals surface area contributed by atoms with Crippen LogP contribution in [0.15, 0.2) is 16.7 Å². The first kappa shape index (κ1) is 14.3. The Kier molecular flexibility index (Phi) is 7.76. The molecule has 98 valence electrons. The summed E-state index contributed by atoms with van der Waals surface area (Å²) in [5.74, 6) is 1.00. The van der Waals surface area contributed by atoms with Crippen LogP contribution in [-0.2, 0) is 17.9 Å². The highest BCUT2D eigenvalue weighted by Gasteiger charge is 2.05. The molecule has 1 N–H and O–H groups in total. The lowest BCUT2D eigenvalue weighted by Crippen LogP contribution is -2.12. The van der Waals surface area contributed by atoms with Gasteiger partial charge in [-0.3, -0.25) is 0 Å². The molecule has 0 aliphatic carbocycles. The Morgan fingerprint density at radius 2 is 2.12 bits per heavy atom. The molecule has 0 aliphatic heterocycles. The molecule has 0 unspecified atom stereocenters. The Morgan fingerprint density at radius 3 is 2.88 bits per heavy atom. The van der Waals surface area contributed by atoms with Crippen LogP contribution in [0.1, 0.15) is 50.9 Å². The average molecular weight is 239 g/mol. The van der Waals surface area contributed by atoms with E-state index in [1.165, 1.54) is 24.8 Å². The maximum absolute atomic E-state index is 5.66. The molecule has 0 atom stereocenters. The van der Waals surface area contributed by atoms with Gasteiger partial charge in [0.25, 0.3) is 0 Å². The van der Waals surface area contributed by atoms with Crippen LogP contribution in [0, 0.1) is 0 Å². The van der Waals surface area contributed by atoms with Gasteiger partial charge in [-0.2, -0.15) is 0 Å². The van der Waals surface area contributed by atoms with Crippen LogP contribution in [0.2, 0.25) is 0 Å². The predicted molar refractivity (Wildman–Crippen MR) is 69.9 cm³/mol. The van der Waals surface area contributed by atoms with Crippen molar-refractivity contribution < 1.29 is 9.15 Å². The zero-order valence-electron chi connectivity index (χ0n) is 11.1. The third-order valence-electron chi connectivity index (χ3n) is 2.77. The Balaban J connectivity index is 2.15. The molecule has 0 saturated carbocycles. The summed E-state index contributed by atoms with van der Waals surface area (Å²) in [7, 11) is 0. The Morgan fingerprint density at radius 1 is 1.24 bits per heavy atom. The summed E-state index contributed by atoms with van der Waals surface area (Å²) in [4.78, 5) is 0. The number of hydrogen-bond donors (Lipinski definition) is 1. The number of ether oxygens (including phenoxy) is 1. The highest BCUT2D eigenvalue weighted by molar-refractivity contribution is 5.15. The Bertz CT molecular complexity index is 284. The van der Waals surface area contributed by atoms with E-state index in [4.69, 9.17) is 9.15 Å². The van der Waals surface area contributed by atoms with Crippen molar-refractivity contribution in [1.29, 1.82) is 0 Å². The molecule has 1 heterocycles. The van der Waals surface area contributed by atoms with Gasteiger partial charge in [-0.1, -0.05) is 33.1 Å². The molecule has 0 spiro atoms. The maximum Gasteiger partial charge on any atom is 0.123 e. The summed E-state index contributed by atoms with van der Waals surface area (Å²) in [5, 5.41) is 3.26. The summed E-state index contributed by atoms with van der Waals surface area (Å²) >= 11 is 0. The van der Waals surface area contributed by atoms with Crippen molar-refractivity contribution in [2.45, 2.75) is 52.7 Å². The number of hydrogen-bond acceptors (Lipinski definition) is 3. The lowest BCUT2D eigenvalue weighted by molar-refractivity contribution is 0.115. The number of unbranched alkanes of at least 4 members (excludes halogenated alkanes) is 3. The molecule has 1 rings (SSSR count). The van der Waals surface area contributed by atoms with Crippen molar-refractivity contribution in [3.05, 3.63) is 23.7 Å². The molecule has 1 aromatic heterocycles. The minimum Gasteiger partial charge on any atom is -0.468 e. The Hall–Kier alpha value is -0.800. The monoisotopic (exact) mass is 239 g/mol. The molecule has 0 fully saturated rings. The summed E-state index contributed by atoms with van der Waals surface area (Å²) in [5.41, 5.74) is 1.17. The highest BCUT2D eigenvalue weighted by Crippen LogP contribution is 2.12. The number of furan rings is 1. The SMILES string of the molecule is CCCCCCOCc1ccoc1CNCC. The van der Waals surface area contributed by atoms with Gasteiger partial charge >= 0.3 is 0 Å². The van der Waals surface area contributed by atoms with Crippen molar-refractivity contribution in [2.24, 2.45) is 0 Å². The molecule has 3 nitrogen and oxygen atoms in total. The van der Waals surface area contributed by atoms with E-state index in [2.05, 4.69) is 19.2 Å². The van der Waals surface area contributed by atoms with Gasteiger partial charge < -0.3 is 14.5 Å². The van der Waals surface area contributed by atoms with Crippen LogP contribution in [0.3, 0.4) is 0 Å². The van der Waals surface area contributed by atoms with Gasteiger partial charge in [0.15, 0.2) is 0 Å². The first-order valence-corrected chi connectivity index (χ1v) is 6.72. The standard InChI is InChI=1S/C14H25NO2/c1-3-5-6-7-9-16-12-13-8-10-17-14(13)11-15-4-2/h8,10,15H,3-7,9,11-12H2,1-2H3. The van der Waals surface area contributed by atoms with Crippen molar-refractivity contribution in [3.63, 3.8) is 0 Å². The van der Waals surface area contributed by atoms with Crippen LogP contribution >= 0.6 is 0 Å². The van der Waals surface area contributed by atoms with Gasteiger partial charge in [-0.25, -0.2) is 0 Å². The van der Waals surface area contributed by atoms with E-state index in [9.17, 15) is 0 Å². The summed E-state index contributed by atoms with van der Waals surface area (Å²) in [6, 6.07) is 2.00. The molecular weight excluding hydrogens is 214 g/mol. The fraction of sp³-hybridized carbons (Fsp3) is 0.714. The van der Waals surface area contributed by atoms with Crippen molar-refractivity contribution in [3.8, 4) is 0 Å². The quantitative estimate of drug-likeness (QED) is 0.635. The maximum atomic E-state index is 5.66. The summed E-state index contributed by atoms with van der Waals surface area (Å²) in [6.45, 7) is 7.58. The minimum absolute atomic E-state index is 0.670. The van der Waals surface area contributed by atoms with E-state index in [-0.39, 0.29) is 0 Å². The molecular formula is C14H25NO2. The van der Waals surface area contributed by atoms with Crippen LogP contribution in [0.5, 0.6) is 0 Å². The fourth-order valence-corrected chi connectivity index (χ4v) is 1.70. The van der Waals surface area contributed by atoms with Gasteiger partial charge in [-0.15, -0.1) is 0 Å². The van der Waals surface area contributed by atoms with Crippen LogP contribution in [0.4, 0.5) is 0 Å². The lowest BCUT2D eigenvalue weighted by atomic mass is 10.2. The van der Waals surface area contributed by atoms with Gasteiger partial charge in [0.1, 0.15) is 5.76 Å². The molecule has 0 radical (unpaired) electrons. The van der Waals surface area contributed by atoms with Crippen LogP contribution in [-0.4, -0.2) is 13.2 Å². The first-order chi connectivity index (χ1) is 8.38. The third-order valence-corrected chi connectivity index (χ3v) is 2.77. The molecule has 0 aromatic carbocycles. The first-order valence-electron chi connectivity index (χ1n) is 6.72. The van der Waals surface area contributed by atoms with Gasteiger partial charge in [0, 0.05) is 12.2 Å². The molecule has 0 aliphatic rings. The molecule has 17 heavy (non-hydrogen) atoms. The van der Waals surface area contributed by atoms with E-state index < -0.39 is 0 Å². The number of rotatable bonds is 10. The molecule has 0 amide bonds. The Labute approximate surface area is 105 Å². The zero-order chi connectivity index (χ0) is 12.3. The van der Waals surface area contributed by atoms with Crippen LogP contribution < -0.4 is 5.32 Å². The largest absolute Gasteiger partial charge is 0.468 e. The average Bonchev–Trinajstić information content (AvgIpc) is 2.78. The van der Waals surface area contributed by atoms with Gasteiger partial charge in [0.2, 0.25) is 0 Å². The molecule has 3 heteroatoms. The molecule has 1 aromatic rings. The topological polar surface area (TPSA) is 34.4 Å². The molecule has 0 saturated heterocycles. The predicted octanol–water partition coefficient (Wildman–Crippen LogP) is 3.49. The smallest absolute Gasteiger partial charge is 0.123 e. The highest BCUT2D eigenvalue weighted by atomic mass is 16.5. The summed E-state index contributed by atoms with van der Waals surface area (Å²) < 4.78 is 11.1. The minimum atomic E-state index is 0.670. The van der Waals surface area contributed by atoms with E-state index >= 15 is 0 Å². The normalized spacial score (nSPS) is 10.9. The van der Waals surface area contributed by atoms with Crippen molar-refractivity contribution in [1.82, 2.24) is 5.32 Å². The zero-order valence-corrected chi connectivity index (χ0v) is 11.1. The van der Waals surface area contributed by atoms with Crippen molar-refractivity contribution in [2.75, 3.05) is 13.2 Å². The molecule has 0 bridgehead atoms. The van der Waals surface area contributed by atoms with E-state index in [0.717, 1.165) is 31.9 Å². The second-order valence-corrected chi connectivity index (χ2v) is 4.26. The lowest BCUT2D eigenvalue weighted by Gasteiger charge is -2.05. The second kappa shape index (κ2) is 9.25. The van der Waals surface area contributed by atoms with E-state index in [1.54, 1.807) is 6.26 Å². The van der Waals surface area contributed by atoms with E-state index in [0.29, 0.717) is 6.61 Å². The van der Waals surface area contributed by atoms with E-state index in [1.807, 2.05) is 6.07 Å². The fourth-order valence-electron chi connectivity index (χ4n) is 1.70. The van der Waals surface area contributed by atoms with Crippen LogP contribution in [0.25, 0.3) is 0 Å².